The molecule has 0 spiro atoms. The van der Waals surface area contributed by atoms with Gasteiger partial charge < -0.3 is 11.1 Å². The summed E-state index contributed by atoms with van der Waals surface area (Å²) in [5.74, 6) is 0.174. The maximum Gasteiger partial charge on any atom is 0.269 e. The van der Waals surface area contributed by atoms with Gasteiger partial charge in [-0.3, -0.25) is 15.6 Å². The zero-order valence-electron chi connectivity index (χ0n) is 13.2. The van der Waals surface area contributed by atoms with Crippen LogP contribution in [0.15, 0.2) is 48.9 Å². The topological polar surface area (TPSA) is 118 Å². The summed E-state index contributed by atoms with van der Waals surface area (Å²) in [6.45, 7) is 0. The minimum absolute atomic E-state index is 0.198. The van der Waals surface area contributed by atoms with E-state index in [1.165, 1.54) is 6.33 Å². The quantitative estimate of drug-likeness (QED) is 0.390. The minimum Gasteiger partial charge on any atom is -0.393 e. The Kier molecular flexibility index (Phi) is 5.35. The van der Waals surface area contributed by atoms with Crippen molar-refractivity contribution in [3.63, 3.8) is 0 Å². The number of pyridine rings is 1. The average Bonchev–Trinajstić information content (AvgIpc) is 2.64. The van der Waals surface area contributed by atoms with Crippen molar-refractivity contribution in [1.82, 2.24) is 20.4 Å². The highest BCUT2D eigenvalue weighted by molar-refractivity contribution is 6.32. The molecule has 5 N–H and O–H groups in total. The van der Waals surface area contributed by atoms with Crippen molar-refractivity contribution in [1.29, 1.82) is 0 Å². The number of halogens is 2. The Bertz CT molecular complexity index is 934. The van der Waals surface area contributed by atoms with E-state index in [2.05, 4.69) is 31.1 Å². The first kappa shape index (κ1) is 17.7. The zero-order chi connectivity index (χ0) is 18.5. The van der Waals surface area contributed by atoms with Gasteiger partial charge in [-0.15, -0.1) is 0 Å². The maximum atomic E-state index is 12.1. The molecule has 0 bridgehead atoms. The second-order valence-corrected chi connectivity index (χ2v) is 5.83. The number of anilines is 4. The number of benzene rings is 1. The van der Waals surface area contributed by atoms with Gasteiger partial charge in [0.25, 0.3) is 5.91 Å². The number of nitrogens with two attached hydrogens (primary N) is 1. The molecule has 3 aromatic rings. The van der Waals surface area contributed by atoms with Crippen LogP contribution in [0.4, 0.5) is 23.0 Å². The van der Waals surface area contributed by atoms with Crippen LogP contribution in [-0.2, 0) is 0 Å². The molecule has 0 saturated heterocycles. The van der Waals surface area contributed by atoms with Crippen LogP contribution in [0.2, 0.25) is 10.2 Å². The minimum atomic E-state index is -0.371. The van der Waals surface area contributed by atoms with Gasteiger partial charge in [0, 0.05) is 16.8 Å². The summed E-state index contributed by atoms with van der Waals surface area (Å²) in [7, 11) is 0. The molecule has 8 nitrogen and oxygen atoms in total. The van der Waals surface area contributed by atoms with Gasteiger partial charge in [-0.05, 0) is 36.4 Å². The molecule has 1 aromatic carbocycles. The molecule has 10 heteroatoms. The number of hydrazine groups is 1. The molecule has 0 fully saturated rings. The molecule has 0 radical (unpaired) electrons. The fourth-order valence-electron chi connectivity index (χ4n) is 1.99. The van der Waals surface area contributed by atoms with Gasteiger partial charge in [0.05, 0.1) is 5.69 Å². The van der Waals surface area contributed by atoms with E-state index >= 15 is 0 Å². The number of rotatable bonds is 5. The smallest absolute Gasteiger partial charge is 0.269 e. The predicted molar refractivity (Wildman–Crippen MR) is 102 cm³/mol. The number of hydrogen-bond acceptors (Lipinski definition) is 7. The molecule has 0 aliphatic carbocycles. The van der Waals surface area contributed by atoms with E-state index in [0.29, 0.717) is 22.1 Å². The van der Waals surface area contributed by atoms with Crippen molar-refractivity contribution in [3.05, 3.63) is 64.7 Å². The van der Waals surface area contributed by atoms with Gasteiger partial charge in [-0.2, -0.15) is 0 Å². The Morgan fingerprint density at radius 3 is 2.46 bits per heavy atom. The second kappa shape index (κ2) is 7.85. The Labute approximate surface area is 158 Å². The number of nitrogen functional groups attached to an aromatic ring is 1. The molecule has 2 heterocycles. The van der Waals surface area contributed by atoms with Crippen LogP contribution in [0.25, 0.3) is 0 Å². The van der Waals surface area contributed by atoms with Crippen LogP contribution in [0.3, 0.4) is 0 Å². The first-order valence-electron chi connectivity index (χ1n) is 7.34. The van der Waals surface area contributed by atoms with Gasteiger partial charge in [0.1, 0.15) is 12.0 Å². The van der Waals surface area contributed by atoms with Gasteiger partial charge in [0.15, 0.2) is 16.8 Å². The fraction of sp³-hybridized carbons (Fsp3) is 0. The third-order valence-corrected chi connectivity index (χ3v) is 3.85. The van der Waals surface area contributed by atoms with Crippen LogP contribution in [-0.4, -0.2) is 20.9 Å². The lowest BCUT2D eigenvalue weighted by molar-refractivity contribution is 0.0962. The van der Waals surface area contributed by atoms with Crippen molar-refractivity contribution in [3.8, 4) is 0 Å². The standard InChI is InChI=1S/C16H13Cl2N7O/c17-10-5-3-9(4-6-10)16(26)25-24-15-12(19)14(21-8-22-15)23-11-2-1-7-20-13(11)18/h1-8H,19H2,(H,25,26)(H2,21,22,23,24). The summed E-state index contributed by atoms with van der Waals surface area (Å²) in [6, 6.07) is 9.88. The van der Waals surface area contributed by atoms with Crippen molar-refractivity contribution in [2.24, 2.45) is 0 Å². The normalized spacial score (nSPS) is 10.2. The molecular weight excluding hydrogens is 377 g/mol. The Hall–Kier alpha value is -3.10. The number of amides is 1. The van der Waals surface area contributed by atoms with Crippen LogP contribution >= 0.6 is 23.2 Å². The lowest BCUT2D eigenvalue weighted by Gasteiger charge is -2.13. The summed E-state index contributed by atoms with van der Waals surface area (Å²) in [4.78, 5) is 24.2. The third kappa shape index (κ3) is 4.11. The van der Waals surface area contributed by atoms with E-state index < -0.39 is 0 Å². The van der Waals surface area contributed by atoms with Gasteiger partial charge >= 0.3 is 0 Å². The zero-order valence-corrected chi connectivity index (χ0v) is 14.7. The monoisotopic (exact) mass is 389 g/mol. The summed E-state index contributed by atoms with van der Waals surface area (Å²) in [5, 5.41) is 3.78. The van der Waals surface area contributed by atoms with Crippen molar-refractivity contribution >= 4 is 52.1 Å². The van der Waals surface area contributed by atoms with E-state index in [1.54, 1.807) is 42.6 Å². The molecule has 1 amide bonds. The summed E-state index contributed by atoms with van der Waals surface area (Å²) >= 11 is 11.8. The highest BCUT2D eigenvalue weighted by Crippen LogP contribution is 2.28. The number of carbonyl (C=O) groups is 1. The van der Waals surface area contributed by atoms with E-state index in [1.807, 2.05) is 0 Å². The van der Waals surface area contributed by atoms with Crippen LogP contribution in [0.1, 0.15) is 10.4 Å². The molecular formula is C16H13Cl2N7O. The molecule has 0 aliphatic rings. The Morgan fingerprint density at radius 1 is 1.00 bits per heavy atom. The Balaban J connectivity index is 1.72. The first-order valence-corrected chi connectivity index (χ1v) is 8.10. The molecule has 0 saturated carbocycles. The molecule has 3 rings (SSSR count). The van der Waals surface area contributed by atoms with Crippen LogP contribution in [0.5, 0.6) is 0 Å². The number of nitrogens with one attached hydrogen (secondary N) is 3. The summed E-state index contributed by atoms with van der Waals surface area (Å²) in [6.07, 6.45) is 2.86. The summed E-state index contributed by atoms with van der Waals surface area (Å²) < 4.78 is 0. The van der Waals surface area contributed by atoms with Gasteiger partial charge in [0.2, 0.25) is 0 Å². The number of nitrogens with zero attached hydrogens (tertiary/aromatic N) is 3. The number of hydrogen-bond donors (Lipinski definition) is 4. The third-order valence-electron chi connectivity index (χ3n) is 3.30. The molecule has 0 atom stereocenters. The summed E-state index contributed by atoms with van der Waals surface area (Å²) in [5.41, 5.74) is 12.4. The number of carbonyl (C=O) groups excluding carboxylic acids is 1. The Morgan fingerprint density at radius 2 is 1.73 bits per heavy atom. The molecule has 2 aromatic heterocycles. The van der Waals surface area contributed by atoms with Crippen molar-refractivity contribution in [2.75, 3.05) is 16.5 Å². The first-order chi connectivity index (χ1) is 12.5. The van der Waals surface area contributed by atoms with Gasteiger partial charge in [-0.25, -0.2) is 15.0 Å². The highest BCUT2D eigenvalue weighted by atomic mass is 35.5. The second-order valence-electron chi connectivity index (χ2n) is 5.04. The average molecular weight is 390 g/mol. The molecule has 0 unspecified atom stereocenters. The molecule has 0 aliphatic heterocycles. The molecule has 26 heavy (non-hydrogen) atoms. The van der Waals surface area contributed by atoms with Crippen molar-refractivity contribution < 1.29 is 4.79 Å². The van der Waals surface area contributed by atoms with Crippen LogP contribution < -0.4 is 21.9 Å². The molecule has 132 valence electrons. The van der Waals surface area contributed by atoms with E-state index in [0.717, 1.165) is 0 Å². The lowest BCUT2D eigenvalue weighted by atomic mass is 10.2. The fourth-order valence-corrected chi connectivity index (χ4v) is 2.28. The SMILES string of the molecule is Nc1c(NNC(=O)c2ccc(Cl)cc2)ncnc1Nc1cccnc1Cl. The van der Waals surface area contributed by atoms with E-state index in [9.17, 15) is 4.79 Å². The largest absolute Gasteiger partial charge is 0.393 e. The predicted octanol–water partition coefficient (Wildman–Crippen LogP) is 3.26. The van der Waals surface area contributed by atoms with E-state index in [4.69, 9.17) is 28.9 Å². The lowest BCUT2D eigenvalue weighted by Crippen LogP contribution is -2.30. The van der Waals surface area contributed by atoms with E-state index in [-0.39, 0.29) is 22.6 Å². The van der Waals surface area contributed by atoms with Gasteiger partial charge in [-0.1, -0.05) is 23.2 Å². The van der Waals surface area contributed by atoms with Crippen LogP contribution in [0, 0.1) is 0 Å². The van der Waals surface area contributed by atoms with Crippen molar-refractivity contribution in [2.45, 2.75) is 0 Å². The maximum absolute atomic E-state index is 12.1. The number of aromatic nitrogens is 3. The highest BCUT2D eigenvalue weighted by Gasteiger charge is 2.11.